The van der Waals surface area contributed by atoms with E-state index in [1.165, 1.54) is 12.3 Å². The summed E-state index contributed by atoms with van der Waals surface area (Å²) in [6.07, 6.45) is 1.38. The van der Waals surface area contributed by atoms with E-state index in [-0.39, 0.29) is 18.7 Å². The SMILES string of the molecule is O=C(CF)OCCOc1cnc2c(F)cccc2c1. The molecule has 0 bridgehead atoms. The van der Waals surface area contributed by atoms with Crippen molar-refractivity contribution in [1.29, 1.82) is 0 Å². The van der Waals surface area contributed by atoms with Crippen LogP contribution in [0.25, 0.3) is 10.9 Å². The number of esters is 1. The largest absolute Gasteiger partial charge is 0.488 e. The van der Waals surface area contributed by atoms with Gasteiger partial charge in [-0.1, -0.05) is 12.1 Å². The van der Waals surface area contributed by atoms with Crippen molar-refractivity contribution in [1.82, 2.24) is 4.98 Å². The Kier molecular flexibility index (Phi) is 4.22. The number of para-hydroxylation sites is 1. The number of carbonyl (C=O) groups excluding carboxylic acids is 1. The molecule has 0 N–H and O–H groups in total. The Balaban J connectivity index is 1.96. The van der Waals surface area contributed by atoms with Crippen molar-refractivity contribution in [2.45, 2.75) is 0 Å². The zero-order chi connectivity index (χ0) is 13.7. The van der Waals surface area contributed by atoms with E-state index in [0.717, 1.165) is 0 Å². The quantitative estimate of drug-likeness (QED) is 0.616. The van der Waals surface area contributed by atoms with Crippen molar-refractivity contribution in [2.75, 3.05) is 19.9 Å². The van der Waals surface area contributed by atoms with Crippen LogP contribution in [-0.4, -0.2) is 30.8 Å². The second kappa shape index (κ2) is 6.08. The molecule has 2 rings (SSSR count). The third-order valence-corrected chi connectivity index (χ3v) is 2.36. The monoisotopic (exact) mass is 267 g/mol. The van der Waals surface area contributed by atoms with E-state index in [4.69, 9.17) is 4.74 Å². The van der Waals surface area contributed by atoms with Gasteiger partial charge in [0.15, 0.2) is 6.67 Å². The first-order chi connectivity index (χ1) is 9.20. The summed E-state index contributed by atoms with van der Waals surface area (Å²) < 4.78 is 34.9. The molecule has 0 unspecified atom stereocenters. The molecule has 2 aromatic rings. The van der Waals surface area contributed by atoms with E-state index in [9.17, 15) is 13.6 Å². The number of benzene rings is 1. The van der Waals surface area contributed by atoms with Gasteiger partial charge in [-0.25, -0.2) is 18.6 Å². The van der Waals surface area contributed by atoms with Gasteiger partial charge in [0.1, 0.15) is 30.3 Å². The Hall–Kier alpha value is -2.24. The Morgan fingerprint density at radius 3 is 2.95 bits per heavy atom. The Labute approximate surface area is 108 Å². The lowest BCUT2D eigenvalue weighted by molar-refractivity contribution is -0.145. The minimum Gasteiger partial charge on any atom is -0.488 e. The number of carbonyl (C=O) groups is 1. The molecule has 0 aliphatic heterocycles. The molecule has 0 radical (unpaired) electrons. The molecule has 0 saturated heterocycles. The number of ether oxygens (including phenoxy) is 2. The van der Waals surface area contributed by atoms with E-state index < -0.39 is 18.5 Å². The first kappa shape index (κ1) is 13.2. The van der Waals surface area contributed by atoms with Crippen LogP contribution < -0.4 is 4.74 Å². The van der Waals surface area contributed by atoms with Crippen LogP contribution in [0, 0.1) is 5.82 Å². The number of hydrogen-bond donors (Lipinski definition) is 0. The van der Waals surface area contributed by atoms with Gasteiger partial charge in [0.25, 0.3) is 0 Å². The van der Waals surface area contributed by atoms with Gasteiger partial charge in [-0.15, -0.1) is 0 Å². The number of aromatic nitrogens is 1. The molecule has 0 aliphatic rings. The lowest BCUT2D eigenvalue weighted by atomic mass is 10.2. The van der Waals surface area contributed by atoms with Crippen LogP contribution in [-0.2, 0) is 9.53 Å². The third kappa shape index (κ3) is 3.37. The number of nitrogens with zero attached hydrogens (tertiary/aromatic N) is 1. The molecule has 0 atom stereocenters. The molecule has 1 aromatic heterocycles. The molecule has 0 amide bonds. The van der Waals surface area contributed by atoms with Gasteiger partial charge >= 0.3 is 5.97 Å². The van der Waals surface area contributed by atoms with Crippen LogP contribution in [0.2, 0.25) is 0 Å². The number of rotatable bonds is 5. The van der Waals surface area contributed by atoms with E-state index in [0.29, 0.717) is 11.1 Å². The van der Waals surface area contributed by atoms with Crippen molar-refractivity contribution in [3.8, 4) is 5.75 Å². The summed E-state index contributed by atoms with van der Waals surface area (Å²) in [5.41, 5.74) is 0.263. The molecule has 1 aromatic carbocycles. The summed E-state index contributed by atoms with van der Waals surface area (Å²) in [5, 5.41) is 0.609. The summed E-state index contributed by atoms with van der Waals surface area (Å²) in [6.45, 7) is -1.13. The number of alkyl halides is 1. The van der Waals surface area contributed by atoms with Crippen LogP contribution >= 0.6 is 0 Å². The topological polar surface area (TPSA) is 48.4 Å². The molecule has 0 saturated carbocycles. The third-order valence-electron chi connectivity index (χ3n) is 2.36. The molecule has 1 heterocycles. The summed E-state index contributed by atoms with van der Waals surface area (Å²) in [4.78, 5) is 14.5. The molecule has 19 heavy (non-hydrogen) atoms. The maximum absolute atomic E-state index is 13.4. The highest BCUT2D eigenvalue weighted by Gasteiger charge is 2.04. The van der Waals surface area contributed by atoms with Crippen LogP contribution in [0.3, 0.4) is 0 Å². The second-order valence-electron chi connectivity index (χ2n) is 3.69. The van der Waals surface area contributed by atoms with E-state index >= 15 is 0 Å². The lowest BCUT2D eigenvalue weighted by Gasteiger charge is -2.07. The van der Waals surface area contributed by atoms with Crippen LogP contribution in [0.4, 0.5) is 8.78 Å². The first-order valence-corrected chi connectivity index (χ1v) is 5.59. The molecule has 6 heteroatoms. The maximum atomic E-state index is 13.4. The zero-order valence-electron chi connectivity index (χ0n) is 9.94. The van der Waals surface area contributed by atoms with E-state index in [2.05, 4.69) is 9.72 Å². The minimum atomic E-state index is -1.16. The molecule has 4 nitrogen and oxygen atoms in total. The predicted molar refractivity (Wildman–Crippen MR) is 64.1 cm³/mol. The summed E-state index contributed by atoms with van der Waals surface area (Å²) in [6, 6.07) is 6.24. The molecular weight excluding hydrogens is 256 g/mol. The van der Waals surface area contributed by atoms with Crippen molar-refractivity contribution < 1.29 is 23.0 Å². The summed E-state index contributed by atoms with van der Waals surface area (Å²) in [5.74, 6) is -0.905. The van der Waals surface area contributed by atoms with Gasteiger partial charge in [-0.2, -0.15) is 0 Å². The van der Waals surface area contributed by atoms with Gasteiger partial charge in [0.2, 0.25) is 0 Å². The van der Waals surface area contributed by atoms with E-state index in [1.807, 2.05) is 0 Å². The Bertz CT molecular complexity index is 589. The number of hydrogen-bond acceptors (Lipinski definition) is 4. The first-order valence-electron chi connectivity index (χ1n) is 5.59. The number of pyridine rings is 1. The van der Waals surface area contributed by atoms with Crippen LogP contribution in [0.15, 0.2) is 30.5 Å². The Morgan fingerprint density at radius 2 is 2.16 bits per heavy atom. The highest BCUT2D eigenvalue weighted by atomic mass is 19.1. The standard InChI is InChI=1S/C13H11F2NO3/c14-7-12(17)19-5-4-18-10-6-9-2-1-3-11(15)13(9)16-8-10/h1-3,6,8H,4-5,7H2. The fourth-order valence-corrected chi connectivity index (χ4v) is 1.54. The average molecular weight is 267 g/mol. The zero-order valence-corrected chi connectivity index (χ0v) is 9.94. The Morgan fingerprint density at radius 1 is 1.32 bits per heavy atom. The van der Waals surface area contributed by atoms with Gasteiger partial charge in [-0.3, -0.25) is 0 Å². The van der Waals surface area contributed by atoms with E-state index in [1.54, 1.807) is 18.2 Å². The molecule has 0 spiro atoms. The average Bonchev–Trinajstić information content (AvgIpc) is 2.43. The van der Waals surface area contributed by atoms with Crippen LogP contribution in [0.5, 0.6) is 5.75 Å². The second-order valence-corrected chi connectivity index (χ2v) is 3.69. The molecular formula is C13H11F2NO3. The molecule has 0 fully saturated rings. The van der Waals surface area contributed by atoms with Gasteiger partial charge in [0, 0.05) is 5.39 Å². The van der Waals surface area contributed by atoms with Crippen molar-refractivity contribution in [3.05, 3.63) is 36.3 Å². The number of halogens is 2. The van der Waals surface area contributed by atoms with Gasteiger partial charge < -0.3 is 9.47 Å². The van der Waals surface area contributed by atoms with Crippen LogP contribution in [0.1, 0.15) is 0 Å². The van der Waals surface area contributed by atoms with Crippen molar-refractivity contribution in [2.24, 2.45) is 0 Å². The van der Waals surface area contributed by atoms with Crippen molar-refractivity contribution in [3.63, 3.8) is 0 Å². The molecule has 100 valence electrons. The fraction of sp³-hybridized carbons (Fsp3) is 0.231. The predicted octanol–water partition coefficient (Wildman–Crippen LogP) is 2.27. The summed E-state index contributed by atoms with van der Waals surface area (Å²) >= 11 is 0. The highest BCUT2D eigenvalue weighted by molar-refractivity contribution is 5.80. The van der Waals surface area contributed by atoms with Crippen molar-refractivity contribution >= 4 is 16.9 Å². The lowest BCUT2D eigenvalue weighted by Crippen LogP contribution is -2.13. The highest BCUT2D eigenvalue weighted by Crippen LogP contribution is 2.20. The smallest absolute Gasteiger partial charge is 0.337 e. The maximum Gasteiger partial charge on any atom is 0.337 e. The number of fused-ring (bicyclic) bond motifs is 1. The minimum absolute atomic E-state index is 0.0516. The summed E-state index contributed by atoms with van der Waals surface area (Å²) in [7, 11) is 0. The molecule has 0 aliphatic carbocycles. The van der Waals surface area contributed by atoms with Gasteiger partial charge in [-0.05, 0) is 12.1 Å². The fourth-order valence-electron chi connectivity index (χ4n) is 1.54. The van der Waals surface area contributed by atoms with Gasteiger partial charge in [0.05, 0.1) is 6.20 Å². The normalized spacial score (nSPS) is 10.4.